The summed E-state index contributed by atoms with van der Waals surface area (Å²) in [4.78, 5) is 0.244. The fourth-order valence-corrected chi connectivity index (χ4v) is 4.26. The number of benzene rings is 1. The fourth-order valence-electron chi connectivity index (χ4n) is 2.48. The molecule has 2 rings (SSSR count). The van der Waals surface area contributed by atoms with Crippen LogP contribution in [0.5, 0.6) is 0 Å². The Bertz CT molecular complexity index is 634. The molecule has 1 atom stereocenters. The molecule has 1 saturated heterocycles. The third-order valence-corrected chi connectivity index (χ3v) is 5.73. The minimum absolute atomic E-state index is 0.193. The maximum Gasteiger partial charge on any atom is 0.243 e. The first-order chi connectivity index (χ1) is 9.48. The van der Waals surface area contributed by atoms with Gasteiger partial charge in [0, 0.05) is 19.1 Å². The highest BCUT2D eigenvalue weighted by atomic mass is 32.2. The summed E-state index contributed by atoms with van der Waals surface area (Å²) < 4.78 is 27.0. The zero-order valence-electron chi connectivity index (χ0n) is 11.8. The standard InChI is InChI=1S/C14H19N3O2S/c1-11-5-6-12(9-15)8-14(11)20(18,19)17-7-3-4-13(10-17)16-2/h5-6,8,13,16H,3-4,7,10H2,1-2H3. The van der Waals surface area contributed by atoms with Gasteiger partial charge in [-0.3, -0.25) is 0 Å². The Labute approximate surface area is 120 Å². The highest BCUT2D eigenvalue weighted by Gasteiger charge is 2.30. The van der Waals surface area contributed by atoms with Crippen LogP contribution in [0.15, 0.2) is 23.1 Å². The van der Waals surface area contributed by atoms with Crippen molar-refractivity contribution in [1.82, 2.24) is 9.62 Å². The molecule has 5 nitrogen and oxygen atoms in total. The molecule has 1 aliphatic heterocycles. The van der Waals surface area contributed by atoms with Gasteiger partial charge in [-0.1, -0.05) is 6.07 Å². The van der Waals surface area contributed by atoms with Crippen molar-refractivity contribution >= 4 is 10.0 Å². The Hall–Kier alpha value is -1.42. The summed E-state index contributed by atoms with van der Waals surface area (Å²) in [6, 6.07) is 6.98. The van der Waals surface area contributed by atoms with E-state index in [9.17, 15) is 8.42 Å². The van der Waals surface area contributed by atoms with Crippen molar-refractivity contribution in [3.05, 3.63) is 29.3 Å². The lowest BCUT2D eigenvalue weighted by molar-refractivity contribution is 0.292. The summed E-state index contributed by atoms with van der Waals surface area (Å²) in [5.74, 6) is 0. The Morgan fingerprint density at radius 3 is 2.85 bits per heavy atom. The summed E-state index contributed by atoms with van der Waals surface area (Å²) >= 11 is 0. The molecule has 0 saturated carbocycles. The summed E-state index contributed by atoms with van der Waals surface area (Å²) in [5.41, 5.74) is 1.05. The molecule has 1 fully saturated rings. The predicted molar refractivity (Wildman–Crippen MR) is 76.7 cm³/mol. The summed E-state index contributed by atoms with van der Waals surface area (Å²) in [6.07, 6.45) is 1.83. The van der Waals surface area contributed by atoms with Crippen molar-refractivity contribution in [1.29, 1.82) is 5.26 Å². The molecule has 0 aliphatic carbocycles. The average molecular weight is 293 g/mol. The summed E-state index contributed by atoms with van der Waals surface area (Å²) in [5, 5.41) is 12.1. The van der Waals surface area contributed by atoms with Crippen LogP contribution in [0.4, 0.5) is 0 Å². The van der Waals surface area contributed by atoms with Crippen LogP contribution in [0, 0.1) is 18.3 Å². The molecular formula is C14H19N3O2S. The number of hydrogen-bond donors (Lipinski definition) is 1. The van der Waals surface area contributed by atoms with Gasteiger partial charge in [0.05, 0.1) is 16.5 Å². The van der Waals surface area contributed by atoms with E-state index in [-0.39, 0.29) is 10.9 Å². The van der Waals surface area contributed by atoms with Gasteiger partial charge in [0.1, 0.15) is 0 Å². The number of nitrogens with zero attached hydrogens (tertiary/aromatic N) is 2. The van der Waals surface area contributed by atoms with Gasteiger partial charge < -0.3 is 5.32 Å². The van der Waals surface area contributed by atoms with Gasteiger partial charge in [-0.25, -0.2) is 8.42 Å². The number of rotatable bonds is 3. The van der Waals surface area contributed by atoms with Crippen LogP contribution < -0.4 is 5.32 Å². The Balaban J connectivity index is 2.37. The first-order valence-electron chi connectivity index (χ1n) is 6.67. The fraction of sp³-hybridized carbons (Fsp3) is 0.500. The second kappa shape index (κ2) is 5.92. The SMILES string of the molecule is CNC1CCCN(S(=O)(=O)c2cc(C#N)ccc2C)C1. The molecule has 108 valence electrons. The van der Waals surface area contributed by atoms with Crippen LogP contribution in [0.3, 0.4) is 0 Å². The van der Waals surface area contributed by atoms with Crippen LogP contribution in [-0.2, 0) is 10.0 Å². The molecule has 1 N–H and O–H groups in total. The van der Waals surface area contributed by atoms with E-state index in [4.69, 9.17) is 5.26 Å². The Kier molecular flexibility index (Phi) is 4.43. The molecule has 1 aromatic carbocycles. The monoisotopic (exact) mass is 293 g/mol. The third kappa shape index (κ3) is 2.85. The molecule has 0 radical (unpaired) electrons. The van der Waals surface area contributed by atoms with Crippen LogP contribution in [0.25, 0.3) is 0 Å². The van der Waals surface area contributed by atoms with Gasteiger partial charge in [-0.05, 0) is 44.5 Å². The van der Waals surface area contributed by atoms with Crippen LogP contribution >= 0.6 is 0 Å². The average Bonchev–Trinajstić information content (AvgIpc) is 2.47. The maximum atomic E-state index is 12.7. The highest BCUT2D eigenvalue weighted by molar-refractivity contribution is 7.89. The van der Waals surface area contributed by atoms with Gasteiger partial charge in [0.2, 0.25) is 10.0 Å². The minimum Gasteiger partial charge on any atom is -0.316 e. The second-order valence-corrected chi connectivity index (χ2v) is 6.99. The van der Waals surface area contributed by atoms with E-state index >= 15 is 0 Å². The zero-order valence-corrected chi connectivity index (χ0v) is 12.6. The topological polar surface area (TPSA) is 73.2 Å². The molecule has 0 bridgehead atoms. The zero-order chi connectivity index (χ0) is 14.8. The first-order valence-corrected chi connectivity index (χ1v) is 8.11. The van der Waals surface area contributed by atoms with Crippen molar-refractivity contribution in [2.75, 3.05) is 20.1 Å². The van der Waals surface area contributed by atoms with Crippen LogP contribution in [0.2, 0.25) is 0 Å². The third-order valence-electron chi connectivity index (χ3n) is 3.73. The van der Waals surface area contributed by atoms with E-state index in [2.05, 4.69) is 5.32 Å². The second-order valence-electron chi connectivity index (χ2n) is 5.08. The number of nitrogens with one attached hydrogen (secondary N) is 1. The molecule has 0 amide bonds. The number of likely N-dealkylation sites (N-methyl/N-ethyl adjacent to an activating group) is 1. The molecule has 20 heavy (non-hydrogen) atoms. The Morgan fingerprint density at radius 2 is 2.20 bits per heavy atom. The molecular weight excluding hydrogens is 274 g/mol. The normalized spacial score (nSPS) is 20.6. The van der Waals surface area contributed by atoms with E-state index in [0.717, 1.165) is 12.8 Å². The first kappa shape index (κ1) is 15.0. The quantitative estimate of drug-likeness (QED) is 0.910. The van der Waals surface area contributed by atoms with Gasteiger partial charge in [0.25, 0.3) is 0 Å². The number of nitriles is 1. The van der Waals surface area contributed by atoms with E-state index in [1.165, 1.54) is 10.4 Å². The summed E-state index contributed by atoms with van der Waals surface area (Å²) in [6.45, 7) is 2.78. The molecule has 1 heterocycles. The van der Waals surface area contributed by atoms with E-state index in [1.807, 2.05) is 13.1 Å². The molecule has 0 spiro atoms. The van der Waals surface area contributed by atoms with Crippen molar-refractivity contribution in [2.45, 2.75) is 30.7 Å². The van der Waals surface area contributed by atoms with Gasteiger partial charge in [0.15, 0.2) is 0 Å². The predicted octanol–water partition coefficient (Wildman–Crippen LogP) is 1.24. The van der Waals surface area contributed by atoms with Crippen molar-refractivity contribution in [3.8, 4) is 6.07 Å². The van der Waals surface area contributed by atoms with Gasteiger partial charge >= 0.3 is 0 Å². The number of hydrogen-bond acceptors (Lipinski definition) is 4. The number of aryl methyl sites for hydroxylation is 1. The Morgan fingerprint density at radius 1 is 1.45 bits per heavy atom. The largest absolute Gasteiger partial charge is 0.316 e. The lowest BCUT2D eigenvalue weighted by atomic mass is 10.1. The minimum atomic E-state index is -3.53. The molecule has 0 aromatic heterocycles. The smallest absolute Gasteiger partial charge is 0.243 e. The molecule has 1 unspecified atom stereocenters. The van der Waals surface area contributed by atoms with Crippen LogP contribution in [-0.4, -0.2) is 38.9 Å². The highest BCUT2D eigenvalue weighted by Crippen LogP contribution is 2.24. The van der Waals surface area contributed by atoms with Gasteiger partial charge in [-0.15, -0.1) is 0 Å². The van der Waals surface area contributed by atoms with E-state index < -0.39 is 10.0 Å². The molecule has 6 heteroatoms. The lowest BCUT2D eigenvalue weighted by Crippen LogP contribution is -2.46. The lowest BCUT2D eigenvalue weighted by Gasteiger charge is -2.32. The number of piperidine rings is 1. The van der Waals surface area contributed by atoms with E-state index in [1.54, 1.807) is 19.1 Å². The molecule has 1 aromatic rings. The van der Waals surface area contributed by atoms with Crippen molar-refractivity contribution in [2.24, 2.45) is 0 Å². The maximum absolute atomic E-state index is 12.7. The summed E-state index contributed by atoms with van der Waals surface area (Å²) in [7, 11) is -1.68. The van der Waals surface area contributed by atoms with Gasteiger partial charge in [-0.2, -0.15) is 9.57 Å². The van der Waals surface area contributed by atoms with Crippen molar-refractivity contribution < 1.29 is 8.42 Å². The van der Waals surface area contributed by atoms with E-state index in [0.29, 0.717) is 24.2 Å². The van der Waals surface area contributed by atoms with Crippen LogP contribution in [0.1, 0.15) is 24.0 Å². The number of sulfonamides is 1. The molecule has 1 aliphatic rings. The van der Waals surface area contributed by atoms with Crippen molar-refractivity contribution in [3.63, 3.8) is 0 Å².